The second-order valence-corrected chi connectivity index (χ2v) is 6.28. The van der Waals surface area contributed by atoms with Crippen molar-refractivity contribution in [3.8, 4) is 5.75 Å². The van der Waals surface area contributed by atoms with E-state index in [-0.39, 0.29) is 17.7 Å². The van der Waals surface area contributed by atoms with E-state index in [0.29, 0.717) is 28.2 Å². The highest BCUT2D eigenvalue weighted by molar-refractivity contribution is 6.13. The molecule has 0 aromatic heterocycles. The molecular weight excluding hydrogens is 290 g/mol. The molecule has 1 amide bonds. The first kappa shape index (κ1) is 15.5. The van der Waals surface area contributed by atoms with Crippen molar-refractivity contribution < 1.29 is 14.7 Å². The molecule has 120 valence electrons. The van der Waals surface area contributed by atoms with E-state index in [9.17, 15) is 14.7 Å². The fraction of sp³-hybridized carbons (Fsp3) is 0.368. The summed E-state index contributed by atoms with van der Waals surface area (Å²) in [5.74, 6) is -0.104. The van der Waals surface area contributed by atoms with Gasteiger partial charge < -0.3 is 10.4 Å². The van der Waals surface area contributed by atoms with Gasteiger partial charge in [0.05, 0.1) is 0 Å². The van der Waals surface area contributed by atoms with Crippen LogP contribution >= 0.6 is 0 Å². The lowest BCUT2D eigenvalue weighted by molar-refractivity contribution is 0.0929. The van der Waals surface area contributed by atoms with E-state index in [1.807, 2.05) is 6.92 Å². The monoisotopic (exact) mass is 311 g/mol. The predicted octanol–water partition coefficient (Wildman–Crippen LogP) is 3.73. The lowest BCUT2D eigenvalue weighted by Crippen LogP contribution is -2.36. The highest BCUT2D eigenvalue weighted by Crippen LogP contribution is 2.32. The van der Waals surface area contributed by atoms with Crippen molar-refractivity contribution in [2.24, 2.45) is 0 Å². The minimum atomic E-state index is -0.131. The standard InChI is InChI=1S/C19H21NO3/c1-12-7-10-16(22)18-13(11-21)8-9-15(17(12)18)19(23)20-14-5-3-2-4-6-14/h7-11,14,22H,2-6H2,1H3,(H,20,23). The van der Waals surface area contributed by atoms with Gasteiger partial charge in [0.15, 0.2) is 6.29 Å². The number of amides is 1. The number of carbonyl (C=O) groups excluding carboxylic acids is 2. The second-order valence-electron chi connectivity index (χ2n) is 6.28. The normalized spacial score (nSPS) is 15.5. The maximum absolute atomic E-state index is 12.7. The number of aldehydes is 1. The molecule has 23 heavy (non-hydrogen) atoms. The number of aromatic hydroxyl groups is 1. The number of hydrogen-bond donors (Lipinski definition) is 2. The molecule has 1 aliphatic rings. The minimum Gasteiger partial charge on any atom is -0.507 e. The van der Waals surface area contributed by atoms with Crippen LogP contribution in [0.25, 0.3) is 10.8 Å². The predicted molar refractivity (Wildman–Crippen MR) is 90.1 cm³/mol. The van der Waals surface area contributed by atoms with E-state index in [1.54, 1.807) is 24.3 Å². The summed E-state index contributed by atoms with van der Waals surface area (Å²) in [7, 11) is 0. The smallest absolute Gasteiger partial charge is 0.252 e. The van der Waals surface area contributed by atoms with Crippen LogP contribution < -0.4 is 5.32 Å². The van der Waals surface area contributed by atoms with Gasteiger partial charge in [0.25, 0.3) is 5.91 Å². The average Bonchev–Trinajstić information content (AvgIpc) is 2.58. The summed E-state index contributed by atoms with van der Waals surface area (Å²) in [6.07, 6.45) is 6.27. The van der Waals surface area contributed by atoms with Gasteiger partial charge in [0.1, 0.15) is 5.75 Å². The largest absolute Gasteiger partial charge is 0.507 e. The van der Waals surface area contributed by atoms with Gasteiger partial charge in [-0.3, -0.25) is 9.59 Å². The zero-order chi connectivity index (χ0) is 16.4. The summed E-state index contributed by atoms with van der Waals surface area (Å²) in [6, 6.07) is 6.83. The lowest BCUT2D eigenvalue weighted by Gasteiger charge is -2.23. The maximum Gasteiger partial charge on any atom is 0.252 e. The van der Waals surface area contributed by atoms with Crippen LogP contribution in [0.3, 0.4) is 0 Å². The molecule has 0 radical (unpaired) electrons. The molecule has 2 aromatic rings. The Balaban J connectivity index is 2.05. The molecular formula is C19H21NO3. The fourth-order valence-corrected chi connectivity index (χ4v) is 3.47. The first-order valence-electron chi connectivity index (χ1n) is 8.13. The van der Waals surface area contributed by atoms with Crippen LogP contribution in [0.5, 0.6) is 5.75 Å². The molecule has 1 saturated carbocycles. The Bertz CT molecular complexity index is 761. The topological polar surface area (TPSA) is 66.4 Å². The van der Waals surface area contributed by atoms with Crippen molar-refractivity contribution >= 4 is 23.0 Å². The third-order valence-electron chi connectivity index (χ3n) is 4.69. The molecule has 4 nitrogen and oxygen atoms in total. The third-order valence-corrected chi connectivity index (χ3v) is 4.69. The van der Waals surface area contributed by atoms with Crippen LogP contribution in [-0.4, -0.2) is 23.3 Å². The number of phenols is 1. The molecule has 0 unspecified atom stereocenters. The summed E-state index contributed by atoms with van der Waals surface area (Å²) in [6.45, 7) is 1.88. The lowest BCUT2D eigenvalue weighted by atomic mass is 9.93. The SMILES string of the molecule is Cc1ccc(O)c2c(C=O)ccc(C(=O)NC3CCCCC3)c12. The van der Waals surface area contributed by atoms with Gasteiger partial charge in [0, 0.05) is 27.9 Å². The Labute approximate surface area is 135 Å². The molecule has 0 aliphatic heterocycles. The number of nitrogens with one attached hydrogen (secondary N) is 1. The maximum atomic E-state index is 12.7. The van der Waals surface area contributed by atoms with E-state index >= 15 is 0 Å². The van der Waals surface area contributed by atoms with E-state index in [2.05, 4.69) is 5.32 Å². The second kappa shape index (κ2) is 6.41. The van der Waals surface area contributed by atoms with Crippen LogP contribution in [0, 0.1) is 6.92 Å². The highest BCUT2D eigenvalue weighted by atomic mass is 16.3. The zero-order valence-electron chi connectivity index (χ0n) is 13.3. The summed E-state index contributed by atoms with van der Waals surface area (Å²) < 4.78 is 0. The Morgan fingerprint density at radius 1 is 1.13 bits per heavy atom. The van der Waals surface area contributed by atoms with Crippen LogP contribution in [0.2, 0.25) is 0 Å². The van der Waals surface area contributed by atoms with Crippen LogP contribution in [0.4, 0.5) is 0 Å². The van der Waals surface area contributed by atoms with Gasteiger partial charge in [-0.15, -0.1) is 0 Å². The Morgan fingerprint density at radius 3 is 2.57 bits per heavy atom. The van der Waals surface area contributed by atoms with Crippen molar-refractivity contribution in [3.63, 3.8) is 0 Å². The van der Waals surface area contributed by atoms with Crippen molar-refractivity contribution in [2.45, 2.75) is 45.1 Å². The average molecular weight is 311 g/mol. The quantitative estimate of drug-likeness (QED) is 0.849. The van der Waals surface area contributed by atoms with Crippen molar-refractivity contribution in [1.82, 2.24) is 5.32 Å². The highest BCUT2D eigenvalue weighted by Gasteiger charge is 2.20. The molecule has 2 aromatic carbocycles. The van der Waals surface area contributed by atoms with Gasteiger partial charge in [-0.1, -0.05) is 31.4 Å². The molecule has 0 saturated heterocycles. The molecule has 3 rings (SSSR count). The number of rotatable bonds is 3. The van der Waals surface area contributed by atoms with Gasteiger partial charge in [-0.25, -0.2) is 0 Å². The Morgan fingerprint density at radius 2 is 1.87 bits per heavy atom. The number of carbonyl (C=O) groups is 2. The zero-order valence-corrected chi connectivity index (χ0v) is 13.3. The van der Waals surface area contributed by atoms with E-state index in [4.69, 9.17) is 0 Å². The van der Waals surface area contributed by atoms with Gasteiger partial charge in [-0.05, 0) is 37.5 Å². The third kappa shape index (κ3) is 2.93. The van der Waals surface area contributed by atoms with E-state index in [1.165, 1.54) is 6.42 Å². The van der Waals surface area contributed by atoms with Crippen LogP contribution in [0.15, 0.2) is 24.3 Å². The van der Waals surface area contributed by atoms with E-state index in [0.717, 1.165) is 31.2 Å². The summed E-state index contributed by atoms with van der Waals surface area (Å²) >= 11 is 0. The van der Waals surface area contributed by atoms with E-state index < -0.39 is 0 Å². The van der Waals surface area contributed by atoms with Gasteiger partial charge in [-0.2, -0.15) is 0 Å². The van der Waals surface area contributed by atoms with Crippen molar-refractivity contribution in [1.29, 1.82) is 0 Å². The number of benzene rings is 2. The number of hydrogen-bond acceptors (Lipinski definition) is 3. The molecule has 0 bridgehead atoms. The van der Waals surface area contributed by atoms with Crippen molar-refractivity contribution in [2.75, 3.05) is 0 Å². The molecule has 0 heterocycles. The molecule has 2 N–H and O–H groups in total. The Hall–Kier alpha value is -2.36. The molecule has 0 atom stereocenters. The first-order valence-corrected chi connectivity index (χ1v) is 8.13. The molecule has 4 heteroatoms. The van der Waals surface area contributed by atoms with Crippen molar-refractivity contribution in [3.05, 3.63) is 41.0 Å². The molecule has 0 spiro atoms. The number of aryl methyl sites for hydroxylation is 1. The fourth-order valence-electron chi connectivity index (χ4n) is 3.47. The molecule has 1 fully saturated rings. The first-order chi connectivity index (χ1) is 11.1. The summed E-state index contributed by atoms with van der Waals surface area (Å²) in [5, 5.41) is 14.4. The van der Waals surface area contributed by atoms with Gasteiger partial charge >= 0.3 is 0 Å². The number of fused-ring (bicyclic) bond motifs is 1. The van der Waals surface area contributed by atoms with Crippen LogP contribution in [-0.2, 0) is 0 Å². The van der Waals surface area contributed by atoms with Crippen LogP contribution in [0.1, 0.15) is 58.4 Å². The molecule has 1 aliphatic carbocycles. The summed E-state index contributed by atoms with van der Waals surface area (Å²) in [4.78, 5) is 24.0. The Kier molecular flexibility index (Phi) is 4.33. The minimum absolute atomic E-state index is 0.0278. The van der Waals surface area contributed by atoms with Gasteiger partial charge in [0.2, 0.25) is 0 Å². The number of phenolic OH excluding ortho intramolecular Hbond substituents is 1. The summed E-state index contributed by atoms with van der Waals surface area (Å²) in [5.41, 5.74) is 1.79.